The first kappa shape index (κ1) is 24.4. The van der Waals surface area contributed by atoms with Crippen molar-refractivity contribution < 1.29 is 19.8 Å². The van der Waals surface area contributed by atoms with Gasteiger partial charge in [0.15, 0.2) is 6.10 Å². The molecule has 0 radical (unpaired) electrons. The number of aliphatic hydroxyl groups is 2. The highest BCUT2D eigenvalue weighted by molar-refractivity contribution is 5.92. The number of primary amides is 1. The normalized spacial score (nSPS) is 22.9. The monoisotopic (exact) mass is 465 g/mol. The molecule has 7 nitrogen and oxygen atoms in total. The fourth-order valence-electron chi connectivity index (χ4n) is 5.66. The summed E-state index contributed by atoms with van der Waals surface area (Å²) in [5, 5.41) is 19.2. The van der Waals surface area contributed by atoms with Crippen molar-refractivity contribution in [1.29, 1.82) is 0 Å². The maximum atomic E-state index is 12.6. The molecule has 182 valence electrons. The maximum Gasteiger partial charge on any atom is 0.254 e. The Morgan fingerprint density at radius 3 is 2.41 bits per heavy atom. The lowest BCUT2D eigenvalue weighted by Gasteiger charge is -2.39. The Labute approximate surface area is 201 Å². The van der Waals surface area contributed by atoms with Crippen molar-refractivity contribution in [3.8, 4) is 0 Å². The number of nitrogens with two attached hydrogens (primary N) is 1. The molecule has 0 aliphatic carbocycles. The van der Waals surface area contributed by atoms with Crippen LogP contribution in [0.3, 0.4) is 0 Å². The van der Waals surface area contributed by atoms with Gasteiger partial charge >= 0.3 is 0 Å². The second kappa shape index (κ2) is 11.1. The molecule has 34 heavy (non-hydrogen) atoms. The zero-order chi connectivity index (χ0) is 24.1. The lowest BCUT2D eigenvalue weighted by atomic mass is 9.84. The molecule has 2 aromatic rings. The van der Waals surface area contributed by atoms with Crippen LogP contribution in [0.5, 0.6) is 0 Å². The van der Waals surface area contributed by atoms with Gasteiger partial charge in [0.2, 0.25) is 5.91 Å². The molecule has 2 bridgehead atoms. The Morgan fingerprint density at radius 1 is 1.06 bits per heavy atom. The van der Waals surface area contributed by atoms with Gasteiger partial charge in [-0.1, -0.05) is 42.5 Å². The molecule has 2 aromatic carbocycles. The highest BCUT2D eigenvalue weighted by Gasteiger charge is 2.40. The molecule has 4 rings (SSSR count). The Morgan fingerprint density at radius 2 is 1.76 bits per heavy atom. The quantitative estimate of drug-likeness (QED) is 0.499. The number of aliphatic hydroxyl groups excluding tert-OH is 2. The lowest BCUT2D eigenvalue weighted by molar-refractivity contribution is -0.142. The summed E-state index contributed by atoms with van der Waals surface area (Å²) in [6, 6.07) is 18.5. The second-order valence-corrected chi connectivity index (χ2v) is 9.58. The van der Waals surface area contributed by atoms with Gasteiger partial charge in [-0.3, -0.25) is 14.5 Å². The van der Waals surface area contributed by atoms with Crippen molar-refractivity contribution in [2.75, 3.05) is 19.7 Å². The van der Waals surface area contributed by atoms with Gasteiger partial charge in [0.05, 0.1) is 6.61 Å². The summed E-state index contributed by atoms with van der Waals surface area (Å²) in [6.45, 7) is 1.28. The molecule has 2 aliphatic heterocycles. The zero-order valence-corrected chi connectivity index (χ0v) is 19.6. The topological polar surface area (TPSA) is 107 Å². The van der Waals surface area contributed by atoms with E-state index >= 15 is 0 Å². The molecule has 2 heterocycles. The minimum atomic E-state index is -1.38. The molecule has 2 fully saturated rings. The van der Waals surface area contributed by atoms with E-state index < -0.39 is 18.6 Å². The van der Waals surface area contributed by atoms with Gasteiger partial charge in [-0.15, -0.1) is 0 Å². The number of hydrogen-bond acceptors (Lipinski definition) is 5. The van der Waals surface area contributed by atoms with Gasteiger partial charge in [0, 0.05) is 37.3 Å². The first-order chi connectivity index (χ1) is 16.5. The molecule has 4 atom stereocenters. The van der Waals surface area contributed by atoms with E-state index in [0.29, 0.717) is 36.7 Å². The fraction of sp³-hybridized carbons (Fsp3) is 0.481. The molecule has 2 aliphatic rings. The van der Waals surface area contributed by atoms with Crippen LogP contribution in [0.2, 0.25) is 0 Å². The van der Waals surface area contributed by atoms with Crippen molar-refractivity contribution in [3.05, 3.63) is 71.3 Å². The van der Waals surface area contributed by atoms with Crippen molar-refractivity contribution in [3.63, 3.8) is 0 Å². The third-order valence-electron chi connectivity index (χ3n) is 7.36. The van der Waals surface area contributed by atoms with Crippen LogP contribution >= 0.6 is 0 Å². The predicted molar refractivity (Wildman–Crippen MR) is 130 cm³/mol. The summed E-state index contributed by atoms with van der Waals surface area (Å²) in [5.41, 5.74) is 8.24. The summed E-state index contributed by atoms with van der Waals surface area (Å²) in [6.07, 6.45) is 3.90. The summed E-state index contributed by atoms with van der Waals surface area (Å²) in [4.78, 5) is 28.5. The van der Waals surface area contributed by atoms with Crippen LogP contribution in [0.15, 0.2) is 54.6 Å². The number of fused-ring (bicyclic) bond motifs is 2. The molecule has 2 amide bonds. The van der Waals surface area contributed by atoms with E-state index in [1.807, 2.05) is 42.5 Å². The number of hydrogen-bond donors (Lipinski definition) is 3. The van der Waals surface area contributed by atoms with Gasteiger partial charge < -0.3 is 20.8 Å². The van der Waals surface area contributed by atoms with Gasteiger partial charge in [0.25, 0.3) is 5.91 Å². The Hall–Kier alpha value is -2.74. The zero-order valence-electron chi connectivity index (χ0n) is 19.6. The van der Waals surface area contributed by atoms with Crippen LogP contribution in [0.1, 0.15) is 59.5 Å². The van der Waals surface area contributed by atoms with Crippen LogP contribution in [0, 0.1) is 0 Å². The summed E-state index contributed by atoms with van der Waals surface area (Å²) >= 11 is 0. The number of carbonyl (C=O) groups excluding carboxylic acids is 2. The van der Waals surface area contributed by atoms with Crippen LogP contribution in [0.4, 0.5) is 0 Å². The van der Waals surface area contributed by atoms with Gasteiger partial charge in [-0.2, -0.15) is 0 Å². The Balaban J connectivity index is 1.35. The summed E-state index contributed by atoms with van der Waals surface area (Å²) < 4.78 is 0. The number of benzene rings is 2. The Bertz CT molecular complexity index is 969. The Kier molecular flexibility index (Phi) is 7.98. The van der Waals surface area contributed by atoms with Crippen molar-refractivity contribution in [1.82, 2.24) is 9.80 Å². The van der Waals surface area contributed by atoms with Crippen LogP contribution in [-0.4, -0.2) is 69.7 Å². The molecule has 0 saturated carbocycles. The molecule has 0 unspecified atom stereocenters. The number of carbonyl (C=O) groups is 2. The largest absolute Gasteiger partial charge is 0.393 e. The van der Waals surface area contributed by atoms with Gasteiger partial charge in [-0.05, 0) is 61.3 Å². The van der Waals surface area contributed by atoms with E-state index in [9.17, 15) is 19.8 Å². The van der Waals surface area contributed by atoms with E-state index in [1.54, 1.807) is 11.0 Å². The SMILES string of the molecule is NC(=O)c1cccc([C@H]2C[C@H]3CC[C@@H](C2)N3CCCN(Cc2ccccc2)C(=O)[C@H](O)CO)c1. The minimum absolute atomic E-state index is 0.386. The summed E-state index contributed by atoms with van der Waals surface area (Å²) in [5.74, 6) is -0.380. The predicted octanol–water partition coefficient (Wildman–Crippen LogP) is 2.27. The minimum Gasteiger partial charge on any atom is -0.393 e. The van der Waals surface area contributed by atoms with Gasteiger partial charge in [0.1, 0.15) is 0 Å². The molecule has 0 aromatic heterocycles. The maximum absolute atomic E-state index is 12.6. The molecule has 2 saturated heterocycles. The average molecular weight is 466 g/mol. The van der Waals surface area contributed by atoms with Crippen molar-refractivity contribution in [2.45, 2.75) is 62.8 Å². The average Bonchev–Trinajstić information content (AvgIpc) is 3.09. The number of rotatable bonds is 10. The lowest BCUT2D eigenvalue weighted by Crippen LogP contribution is -2.45. The molecule has 4 N–H and O–H groups in total. The van der Waals surface area contributed by atoms with E-state index in [-0.39, 0.29) is 5.91 Å². The smallest absolute Gasteiger partial charge is 0.254 e. The molecular weight excluding hydrogens is 430 g/mol. The van der Waals surface area contributed by atoms with Crippen molar-refractivity contribution >= 4 is 11.8 Å². The summed E-state index contributed by atoms with van der Waals surface area (Å²) in [7, 11) is 0. The number of amides is 2. The van der Waals surface area contributed by atoms with Gasteiger partial charge in [-0.25, -0.2) is 0 Å². The number of piperidine rings is 1. The van der Waals surface area contributed by atoms with Crippen LogP contribution in [0.25, 0.3) is 0 Å². The first-order valence-corrected chi connectivity index (χ1v) is 12.2. The van der Waals surface area contributed by atoms with Crippen molar-refractivity contribution in [2.24, 2.45) is 5.73 Å². The highest BCUT2D eigenvalue weighted by atomic mass is 16.3. The third kappa shape index (κ3) is 5.66. The standard InChI is InChI=1S/C27H35N3O4/c28-26(33)21-9-4-8-20(14-21)22-15-23-10-11-24(16-22)30(23)13-5-12-29(27(34)25(32)18-31)17-19-6-2-1-3-7-19/h1-4,6-9,14,22-25,31-32H,5,10-13,15-18H2,(H2,28,33)/t22-,23+,24-,25-/m1/s1. The van der Waals surface area contributed by atoms with E-state index in [4.69, 9.17) is 5.73 Å². The first-order valence-electron chi connectivity index (χ1n) is 12.2. The fourth-order valence-corrected chi connectivity index (χ4v) is 5.66. The molecule has 0 spiro atoms. The highest BCUT2D eigenvalue weighted by Crippen LogP contribution is 2.43. The number of nitrogens with zero attached hydrogens (tertiary/aromatic N) is 2. The second-order valence-electron chi connectivity index (χ2n) is 9.58. The molecular formula is C27H35N3O4. The van der Waals surface area contributed by atoms with E-state index in [2.05, 4.69) is 11.0 Å². The van der Waals surface area contributed by atoms with E-state index in [0.717, 1.165) is 31.4 Å². The molecule has 7 heteroatoms. The van der Waals surface area contributed by atoms with Crippen LogP contribution < -0.4 is 5.73 Å². The third-order valence-corrected chi connectivity index (χ3v) is 7.36. The van der Waals surface area contributed by atoms with E-state index in [1.165, 1.54) is 18.4 Å². The van der Waals surface area contributed by atoms with Crippen LogP contribution in [-0.2, 0) is 11.3 Å².